The molecular weight excluding hydrogens is 304 g/mol. The van der Waals surface area contributed by atoms with Crippen LogP contribution in [0.1, 0.15) is 24.2 Å². The summed E-state index contributed by atoms with van der Waals surface area (Å²) in [6, 6.07) is 5.46. The van der Waals surface area contributed by atoms with E-state index < -0.39 is 17.5 Å². The zero-order chi connectivity index (χ0) is 17.0. The van der Waals surface area contributed by atoms with Crippen LogP contribution in [0, 0.1) is 10.1 Å². The van der Waals surface area contributed by atoms with Crippen LogP contribution in [0.25, 0.3) is 0 Å². The van der Waals surface area contributed by atoms with E-state index >= 15 is 0 Å². The molecule has 0 saturated carbocycles. The molecule has 1 aliphatic heterocycles. The molecule has 1 heterocycles. The summed E-state index contributed by atoms with van der Waals surface area (Å²) in [7, 11) is 0. The van der Waals surface area contributed by atoms with Gasteiger partial charge in [0, 0.05) is 19.2 Å². The van der Waals surface area contributed by atoms with E-state index in [9.17, 15) is 19.7 Å². The molecule has 1 amide bonds. The quantitative estimate of drug-likeness (QED) is 0.472. The number of carbonyl (C=O) groups excluding carboxylic acids is 2. The molecule has 2 rings (SSSR count). The lowest BCUT2D eigenvalue weighted by Crippen LogP contribution is -2.49. The fourth-order valence-electron chi connectivity index (χ4n) is 2.48. The first-order valence-corrected chi connectivity index (χ1v) is 7.22. The number of hydrogen-bond acceptors (Lipinski definition) is 6. The number of nitrogens with zero attached hydrogens (tertiary/aromatic N) is 2. The van der Waals surface area contributed by atoms with E-state index in [-0.39, 0.29) is 29.4 Å². The molecule has 1 aromatic carbocycles. The Kier molecular flexibility index (Phi) is 5.28. The number of nitro benzene ring substituents is 1. The lowest BCUT2D eigenvalue weighted by Gasteiger charge is -2.35. The monoisotopic (exact) mass is 322 g/mol. The second kappa shape index (κ2) is 7.19. The van der Waals surface area contributed by atoms with Gasteiger partial charge in [-0.05, 0) is 19.9 Å². The summed E-state index contributed by atoms with van der Waals surface area (Å²) in [6.45, 7) is 4.10. The predicted molar refractivity (Wildman–Crippen MR) is 80.0 cm³/mol. The zero-order valence-electron chi connectivity index (χ0n) is 12.9. The van der Waals surface area contributed by atoms with Crippen LogP contribution in [0.15, 0.2) is 24.3 Å². The molecule has 2 atom stereocenters. The Balaban J connectivity index is 1.97. The third-order valence-corrected chi connectivity index (χ3v) is 3.42. The molecule has 0 N–H and O–H groups in total. The zero-order valence-corrected chi connectivity index (χ0v) is 12.9. The normalized spacial score (nSPS) is 20.9. The van der Waals surface area contributed by atoms with Crippen molar-refractivity contribution in [1.82, 2.24) is 4.90 Å². The van der Waals surface area contributed by atoms with Gasteiger partial charge in [0.1, 0.15) is 5.56 Å². The molecule has 1 aliphatic rings. The first-order valence-electron chi connectivity index (χ1n) is 7.22. The van der Waals surface area contributed by atoms with Gasteiger partial charge in [0.05, 0.1) is 17.1 Å². The first-order chi connectivity index (χ1) is 10.9. The van der Waals surface area contributed by atoms with E-state index in [1.807, 2.05) is 13.8 Å². The second-order valence-electron chi connectivity index (χ2n) is 5.41. The molecule has 8 heteroatoms. The second-order valence-corrected chi connectivity index (χ2v) is 5.41. The Hall–Kier alpha value is -2.48. The Morgan fingerprint density at radius 2 is 1.91 bits per heavy atom. The molecule has 23 heavy (non-hydrogen) atoms. The number of rotatable bonds is 4. The number of para-hydroxylation sites is 1. The van der Waals surface area contributed by atoms with Gasteiger partial charge in [-0.2, -0.15) is 0 Å². The Morgan fingerprint density at radius 1 is 1.30 bits per heavy atom. The molecule has 0 radical (unpaired) electrons. The summed E-state index contributed by atoms with van der Waals surface area (Å²) in [5, 5.41) is 10.9. The third-order valence-electron chi connectivity index (χ3n) is 3.42. The van der Waals surface area contributed by atoms with Gasteiger partial charge in [0.25, 0.3) is 11.6 Å². The predicted octanol–water partition coefficient (Wildman–Crippen LogP) is 1.39. The maximum atomic E-state index is 12.1. The Labute approximate surface area is 133 Å². The highest BCUT2D eigenvalue weighted by atomic mass is 16.6. The van der Waals surface area contributed by atoms with Crippen LogP contribution in [0.4, 0.5) is 5.69 Å². The smallest absolute Gasteiger partial charge is 0.345 e. The van der Waals surface area contributed by atoms with Crippen molar-refractivity contribution >= 4 is 17.6 Å². The SMILES string of the molecule is C[C@@H]1CN(C(=O)COC(=O)c2ccccc2[N+](=O)[O-])C[C@@H](C)O1. The van der Waals surface area contributed by atoms with E-state index in [0.29, 0.717) is 13.1 Å². The summed E-state index contributed by atoms with van der Waals surface area (Å²) in [5.74, 6) is -1.24. The van der Waals surface area contributed by atoms with Crippen LogP contribution in [0.3, 0.4) is 0 Å². The van der Waals surface area contributed by atoms with Crippen molar-refractivity contribution in [1.29, 1.82) is 0 Å². The molecule has 0 spiro atoms. The van der Waals surface area contributed by atoms with Crippen molar-refractivity contribution in [3.05, 3.63) is 39.9 Å². The van der Waals surface area contributed by atoms with Crippen molar-refractivity contribution in [2.24, 2.45) is 0 Å². The molecule has 0 aromatic heterocycles. The Bertz CT molecular complexity index is 608. The minimum atomic E-state index is -0.889. The van der Waals surface area contributed by atoms with Crippen LogP contribution < -0.4 is 0 Å². The molecule has 124 valence electrons. The van der Waals surface area contributed by atoms with E-state index in [2.05, 4.69) is 0 Å². The fraction of sp³-hybridized carbons (Fsp3) is 0.467. The van der Waals surface area contributed by atoms with Crippen LogP contribution in [0.5, 0.6) is 0 Å². The van der Waals surface area contributed by atoms with Gasteiger partial charge in [0.15, 0.2) is 6.61 Å². The van der Waals surface area contributed by atoms with Crippen molar-refractivity contribution in [2.75, 3.05) is 19.7 Å². The molecule has 0 bridgehead atoms. The number of morpholine rings is 1. The number of esters is 1. The summed E-state index contributed by atoms with van der Waals surface area (Å²) >= 11 is 0. The number of hydrogen-bond donors (Lipinski definition) is 0. The molecule has 1 saturated heterocycles. The van der Waals surface area contributed by atoms with Gasteiger partial charge in [-0.1, -0.05) is 12.1 Å². The summed E-state index contributed by atoms with van der Waals surface area (Å²) < 4.78 is 10.5. The van der Waals surface area contributed by atoms with Crippen LogP contribution in [-0.2, 0) is 14.3 Å². The molecule has 0 unspecified atom stereocenters. The van der Waals surface area contributed by atoms with Crippen LogP contribution >= 0.6 is 0 Å². The highest BCUT2D eigenvalue weighted by Crippen LogP contribution is 2.18. The maximum absolute atomic E-state index is 12.1. The number of carbonyl (C=O) groups is 2. The van der Waals surface area contributed by atoms with E-state index in [1.165, 1.54) is 24.3 Å². The highest BCUT2D eigenvalue weighted by Gasteiger charge is 2.27. The number of benzene rings is 1. The molecule has 1 aromatic rings. The van der Waals surface area contributed by atoms with Crippen molar-refractivity contribution < 1.29 is 24.0 Å². The van der Waals surface area contributed by atoms with E-state index in [4.69, 9.17) is 9.47 Å². The van der Waals surface area contributed by atoms with Gasteiger partial charge in [-0.3, -0.25) is 14.9 Å². The molecule has 1 fully saturated rings. The van der Waals surface area contributed by atoms with Crippen molar-refractivity contribution in [3.8, 4) is 0 Å². The van der Waals surface area contributed by atoms with Crippen LogP contribution in [0.2, 0.25) is 0 Å². The third kappa shape index (κ3) is 4.26. The van der Waals surface area contributed by atoms with E-state index in [0.717, 1.165) is 0 Å². The molecule has 0 aliphatic carbocycles. The lowest BCUT2D eigenvalue weighted by atomic mass is 10.2. The molecule has 8 nitrogen and oxygen atoms in total. The van der Waals surface area contributed by atoms with E-state index in [1.54, 1.807) is 4.90 Å². The topological polar surface area (TPSA) is 99.0 Å². The summed E-state index contributed by atoms with van der Waals surface area (Å²) in [4.78, 5) is 35.9. The Morgan fingerprint density at radius 3 is 2.52 bits per heavy atom. The standard InChI is InChI=1S/C15H18N2O6/c1-10-7-16(8-11(2)23-10)14(18)9-22-15(19)12-5-3-4-6-13(12)17(20)21/h3-6,10-11H,7-9H2,1-2H3/t10-,11-/m1/s1. The minimum absolute atomic E-state index is 0.0892. The van der Waals surface area contributed by atoms with Gasteiger partial charge < -0.3 is 14.4 Å². The maximum Gasteiger partial charge on any atom is 0.345 e. The largest absolute Gasteiger partial charge is 0.452 e. The average Bonchev–Trinajstić information content (AvgIpc) is 2.51. The van der Waals surface area contributed by atoms with Gasteiger partial charge in [-0.25, -0.2) is 4.79 Å². The van der Waals surface area contributed by atoms with Crippen molar-refractivity contribution in [2.45, 2.75) is 26.1 Å². The van der Waals surface area contributed by atoms with Gasteiger partial charge >= 0.3 is 5.97 Å². The van der Waals surface area contributed by atoms with Crippen LogP contribution in [-0.4, -0.2) is 53.6 Å². The summed E-state index contributed by atoms with van der Waals surface area (Å²) in [6.07, 6.45) is -0.178. The van der Waals surface area contributed by atoms with Gasteiger partial charge in [0.2, 0.25) is 0 Å². The highest BCUT2D eigenvalue weighted by molar-refractivity contribution is 5.95. The lowest BCUT2D eigenvalue weighted by molar-refractivity contribution is -0.385. The molecular formula is C15H18N2O6. The first kappa shape index (κ1) is 16.9. The number of amides is 1. The van der Waals surface area contributed by atoms with Gasteiger partial charge in [-0.15, -0.1) is 0 Å². The van der Waals surface area contributed by atoms with Crippen molar-refractivity contribution in [3.63, 3.8) is 0 Å². The number of nitro groups is 1. The fourth-order valence-corrected chi connectivity index (χ4v) is 2.48. The number of ether oxygens (including phenoxy) is 2. The average molecular weight is 322 g/mol. The summed E-state index contributed by atoms with van der Waals surface area (Å²) in [5.41, 5.74) is -0.521. The minimum Gasteiger partial charge on any atom is -0.452 e.